The van der Waals surface area contributed by atoms with E-state index < -0.39 is 5.41 Å². The van der Waals surface area contributed by atoms with Gasteiger partial charge in [-0.2, -0.15) is 0 Å². The van der Waals surface area contributed by atoms with E-state index in [-0.39, 0.29) is 5.41 Å². The van der Waals surface area contributed by atoms with E-state index in [9.17, 15) is 0 Å². The van der Waals surface area contributed by atoms with Gasteiger partial charge in [-0.1, -0.05) is 184 Å². The maximum absolute atomic E-state index is 2.52. The van der Waals surface area contributed by atoms with Gasteiger partial charge >= 0.3 is 0 Å². The number of hydrogen-bond acceptors (Lipinski definition) is 2. The molecule has 0 N–H and O–H groups in total. The Kier molecular flexibility index (Phi) is 8.02. The van der Waals surface area contributed by atoms with Gasteiger partial charge in [0.05, 0.1) is 11.1 Å². The van der Waals surface area contributed by atoms with E-state index in [2.05, 4.69) is 231 Å². The summed E-state index contributed by atoms with van der Waals surface area (Å²) in [4.78, 5) is 2.52. The molecular weight excluding hydrogens is 815 g/mol. The van der Waals surface area contributed by atoms with Crippen molar-refractivity contribution >= 4 is 54.1 Å². The van der Waals surface area contributed by atoms with Gasteiger partial charge in [-0.15, -0.1) is 11.3 Å². The first kappa shape index (κ1) is 37.8. The lowest BCUT2D eigenvalue weighted by molar-refractivity contribution is 0.651. The van der Waals surface area contributed by atoms with Gasteiger partial charge < -0.3 is 4.90 Å². The summed E-state index contributed by atoms with van der Waals surface area (Å²) in [7, 11) is 0. The molecule has 0 aliphatic heterocycles. The Balaban J connectivity index is 0.977. The Morgan fingerprint density at radius 1 is 0.439 bits per heavy atom. The molecule has 2 heteroatoms. The van der Waals surface area contributed by atoms with Crippen LogP contribution in [0, 0.1) is 0 Å². The summed E-state index contributed by atoms with van der Waals surface area (Å²) >= 11 is 1.88. The molecule has 1 nitrogen and oxygen atoms in total. The molecule has 0 saturated carbocycles. The second kappa shape index (κ2) is 14.0. The van der Waals surface area contributed by atoms with Gasteiger partial charge in [0.15, 0.2) is 0 Å². The first-order valence-corrected chi connectivity index (χ1v) is 24.2. The van der Waals surface area contributed by atoms with Crippen molar-refractivity contribution in [1.82, 2.24) is 0 Å². The van der Waals surface area contributed by atoms with Crippen molar-refractivity contribution in [2.45, 2.75) is 37.5 Å². The molecule has 66 heavy (non-hydrogen) atoms. The second-order valence-electron chi connectivity index (χ2n) is 19.0. The molecule has 0 amide bonds. The smallest absolute Gasteiger partial charge is 0.0725 e. The zero-order valence-corrected chi connectivity index (χ0v) is 37.8. The number of nitrogens with zero attached hydrogens (tertiary/aromatic N) is 1. The maximum Gasteiger partial charge on any atom is 0.0725 e. The van der Waals surface area contributed by atoms with Crippen molar-refractivity contribution < 1.29 is 0 Å². The average Bonchev–Trinajstić information content (AvgIpc) is 4.06. The highest BCUT2D eigenvalue weighted by atomic mass is 32.1. The molecule has 0 radical (unpaired) electrons. The summed E-state index contributed by atoms with van der Waals surface area (Å²) in [5.74, 6) is 0. The lowest BCUT2D eigenvalue weighted by Crippen LogP contribution is -2.25. The number of anilines is 3. The molecular formula is C64H45NS. The molecule has 0 unspecified atom stereocenters. The lowest BCUT2D eigenvalue weighted by atomic mass is 9.70. The van der Waals surface area contributed by atoms with Gasteiger partial charge in [0.1, 0.15) is 0 Å². The van der Waals surface area contributed by atoms with Crippen LogP contribution < -0.4 is 4.90 Å². The summed E-state index contributed by atoms with van der Waals surface area (Å²) in [6.45, 7) is 4.81. The minimum absolute atomic E-state index is 0.0538. The average molecular weight is 860 g/mol. The Hall–Kier alpha value is -7.52. The summed E-state index contributed by atoms with van der Waals surface area (Å²) in [6.07, 6.45) is 6.91. The highest BCUT2D eigenvalue weighted by Crippen LogP contribution is 2.63. The Morgan fingerprint density at radius 3 is 1.77 bits per heavy atom. The van der Waals surface area contributed by atoms with Crippen molar-refractivity contribution in [3.05, 3.63) is 251 Å². The SMILES string of the molecule is CC1(C)C2=C(CCC=C2)c2c(-c3ccccc3N(c3ccc(-c4ccc5c(c4)sc4ccccc45)cc3)c3ccc4c(c3)-c3ccccc3C43c4ccccc4-c4ccccc43)cccc21. The van der Waals surface area contributed by atoms with E-state index in [4.69, 9.17) is 0 Å². The van der Waals surface area contributed by atoms with Gasteiger partial charge in [0.25, 0.3) is 0 Å². The van der Waals surface area contributed by atoms with Gasteiger partial charge in [-0.05, 0) is 139 Å². The molecule has 4 aliphatic carbocycles. The molecule has 9 aromatic carbocycles. The quantitative estimate of drug-likeness (QED) is 0.167. The predicted molar refractivity (Wildman–Crippen MR) is 280 cm³/mol. The van der Waals surface area contributed by atoms with Gasteiger partial charge in [0.2, 0.25) is 0 Å². The fourth-order valence-electron chi connectivity index (χ4n) is 12.5. The molecule has 0 bridgehead atoms. The van der Waals surface area contributed by atoms with Crippen LogP contribution in [0.1, 0.15) is 60.1 Å². The highest BCUT2D eigenvalue weighted by molar-refractivity contribution is 7.25. The number of rotatable bonds is 5. The van der Waals surface area contributed by atoms with Crippen molar-refractivity contribution in [2.24, 2.45) is 0 Å². The fraction of sp³-hybridized carbons (Fsp3) is 0.0938. The molecule has 1 spiro atoms. The minimum Gasteiger partial charge on any atom is -0.310 e. The van der Waals surface area contributed by atoms with Crippen LogP contribution in [0.5, 0.6) is 0 Å². The number of allylic oxidation sites excluding steroid dienone is 4. The van der Waals surface area contributed by atoms with E-state index in [0.29, 0.717) is 0 Å². The monoisotopic (exact) mass is 859 g/mol. The number of para-hydroxylation sites is 1. The third-order valence-electron chi connectivity index (χ3n) is 15.4. The second-order valence-corrected chi connectivity index (χ2v) is 20.1. The zero-order chi connectivity index (χ0) is 43.7. The zero-order valence-electron chi connectivity index (χ0n) is 37.0. The molecule has 0 fully saturated rings. The molecule has 0 atom stereocenters. The molecule has 312 valence electrons. The first-order chi connectivity index (χ1) is 32.5. The Labute approximate surface area is 390 Å². The van der Waals surface area contributed by atoms with Crippen molar-refractivity contribution in [3.8, 4) is 44.5 Å². The van der Waals surface area contributed by atoms with Crippen molar-refractivity contribution in [1.29, 1.82) is 0 Å². The van der Waals surface area contributed by atoms with Crippen LogP contribution in [-0.2, 0) is 10.8 Å². The normalized spacial score (nSPS) is 15.4. The largest absolute Gasteiger partial charge is 0.310 e. The summed E-state index contributed by atoms with van der Waals surface area (Å²) in [5.41, 5.74) is 24.5. The van der Waals surface area contributed by atoms with E-state index >= 15 is 0 Å². The molecule has 1 aromatic heterocycles. The van der Waals surface area contributed by atoms with Crippen molar-refractivity contribution in [3.63, 3.8) is 0 Å². The number of hydrogen-bond donors (Lipinski definition) is 0. The molecule has 1 heterocycles. The van der Waals surface area contributed by atoms with Crippen LogP contribution >= 0.6 is 11.3 Å². The predicted octanol–water partition coefficient (Wildman–Crippen LogP) is 17.6. The van der Waals surface area contributed by atoms with Crippen molar-refractivity contribution in [2.75, 3.05) is 4.90 Å². The molecule has 10 aromatic rings. The van der Waals surface area contributed by atoms with E-state index in [1.807, 2.05) is 11.3 Å². The number of thiophene rings is 1. The molecule has 4 aliphatic rings. The first-order valence-electron chi connectivity index (χ1n) is 23.4. The summed E-state index contributed by atoms with van der Waals surface area (Å²) in [5, 5.41) is 2.66. The topological polar surface area (TPSA) is 3.24 Å². The van der Waals surface area contributed by atoms with Crippen LogP contribution in [0.25, 0.3) is 70.3 Å². The van der Waals surface area contributed by atoms with E-state index in [1.165, 1.54) is 115 Å². The summed E-state index contributed by atoms with van der Waals surface area (Å²) in [6, 6.07) is 75.8. The number of benzene rings is 9. The van der Waals surface area contributed by atoms with Crippen LogP contribution in [0.4, 0.5) is 17.1 Å². The summed E-state index contributed by atoms with van der Waals surface area (Å²) < 4.78 is 2.65. The maximum atomic E-state index is 2.52. The van der Waals surface area contributed by atoms with E-state index in [1.54, 1.807) is 0 Å². The van der Waals surface area contributed by atoms with Crippen LogP contribution in [0.3, 0.4) is 0 Å². The van der Waals surface area contributed by atoms with Crippen LogP contribution in [0.15, 0.2) is 218 Å². The van der Waals surface area contributed by atoms with Crippen LogP contribution in [-0.4, -0.2) is 0 Å². The van der Waals surface area contributed by atoms with E-state index in [0.717, 1.165) is 24.2 Å². The van der Waals surface area contributed by atoms with Gasteiger partial charge in [-0.3, -0.25) is 0 Å². The Bertz CT molecular complexity index is 3700. The molecule has 14 rings (SSSR count). The fourth-order valence-corrected chi connectivity index (χ4v) is 13.7. The van der Waals surface area contributed by atoms with Gasteiger partial charge in [0, 0.05) is 42.5 Å². The standard InChI is InChI=1S/C64H45NS/c1-63(2)53-23-9-6-21-51(53)62-50(22-15-27-58(62)63)47-19-7-13-28-59(47)65(42-33-30-40(31-34-42)41-32-36-49-48-20-8-14-29-60(48)66-61(49)38-41)43-35-37-57-52(39-43)46-18-5-12-26-56(46)64(57)54-24-10-3-16-44(54)45-17-4-11-25-55(45)64/h3-5,7-20,22-39H,6,21H2,1-2H3. The third-order valence-corrected chi connectivity index (χ3v) is 16.5. The van der Waals surface area contributed by atoms with Crippen LogP contribution in [0.2, 0.25) is 0 Å². The Morgan fingerprint density at radius 2 is 1.02 bits per heavy atom. The lowest BCUT2D eigenvalue weighted by Gasteiger charge is -2.32. The number of fused-ring (bicyclic) bond motifs is 15. The molecule has 0 saturated heterocycles. The minimum atomic E-state index is -0.394. The highest BCUT2D eigenvalue weighted by Gasteiger charge is 2.51. The third kappa shape index (κ3) is 5.11. The van der Waals surface area contributed by atoms with Gasteiger partial charge in [-0.25, -0.2) is 0 Å².